The summed E-state index contributed by atoms with van der Waals surface area (Å²) in [5.41, 5.74) is 1.98. The Morgan fingerprint density at radius 3 is 2.50 bits per heavy atom. The van der Waals surface area contributed by atoms with E-state index in [1.807, 2.05) is 0 Å². The predicted molar refractivity (Wildman–Crippen MR) is 73.1 cm³/mol. The second-order valence-corrected chi connectivity index (χ2v) is 5.16. The minimum atomic E-state index is -1.48. The van der Waals surface area contributed by atoms with E-state index < -0.39 is 11.5 Å². The number of amides is 1. The number of aliphatic hydroxyl groups is 1. The zero-order chi connectivity index (χ0) is 13.9. The quantitative estimate of drug-likeness (QED) is 0.663. The number of carbonyl (C=O) groups is 1. The second-order valence-electron chi connectivity index (χ2n) is 4.32. The Morgan fingerprint density at radius 1 is 1.39 bits per heavy atom. The van der Waals surface area contributed by atoms with E-state index in [1.54, 1.807) is 25.1 Å². The number of benzene rings is 1. The highest BCUT2D eigenvalue weighted by atomic mass is 35.5. The number of hydrazone groups is 1. The van der Waals surface area contributed by atoms with Crippen LogP contribution in [0.1, 0.15) is 26.3 Å². The molecule has 0 fully saturated rings. The third-order valence-corrected chi connectivity index (χ3v) is 2.75. The molecule has 0 aliphatic carbocycles. The summed E-state index contributed by atoms with van der Waals surface area (Å²) in [5, 5.41) is 14.3. The van der Waals surface area contributed by atoms with Gasteiger partial charge in [0.25, 0.3) is 5.91 Å². The largest absolute Gasteiger partial charge is 0.381 e. The van der Waals surface area contributed by atoms with Crippen molar-refractivity contribution in [3.05, 3.63) is 33.8 Å². The van der Waals surface area contributed by atoms with Crippen molar-refractivity contribution in [3.8, 4) is 0 Å². The fourth-order valence-electron chi connectivity index (χ4n) is 1.11. The first-order valence-electron chi connectivity index (χ1n) is 5.24. The molecule has 0 spiro atoms. The molecule has 0 heterocycles. The van der Waals surface area contributed by atoms with Gasteiger partial charge in [-0.15, -0.1) is 0 Å². The molecule has 1 aromatic carbocycles. The maximum absolute atomic E-state index is 11.4. The van der Waals surface area contributed by atoms with Crippen molar-refractivity contribution in [1.82, 2.24) is 5.43 Å². The lowest BCUT2D eigenvalue weighted by Crippen LogP contribution is -2.39. The Morgan fingerprint density at radius 2 is 2.00 bits per heavy atom. The Hall–Kier alpha value is -1.10. The number of rotatable bonds is 3. The molecule has 1 amide bonds. The highest BCUT2D eigenvalue weighted by Gasteiger charge is 2.23. The molecule has 0 unspecified atom stereocenters. The summed E-state index contributed by atoms with van der Waals surface area (Å²) in [6, 6.07) is 4.98. The molecular formula is C12H14Cl2N2O2. The lowest BCUT2D eigenvalue weighted by molar-refractivity contribution is -0.136. The van der Waals surface area contributed by atoms with Crippen molar-refractivity contribution in [1.29, 1.82) is 0 Å². The van der Waals surface area contributed by atoms with Crippen LogP contribution >= 0.6 is 23.2 Å². The van der Waals surface area contributed by atoms with Gasteiger partial charge < -0.3 is 5.11 Å². The Bertz CT molecular complexity index is 493. The zero-order valence-electron chi connectivity index (χ0n) is 10.3. The summed E-state index contributed by atoms with van der Waals surface area (Å²) in [6.45, 7) is 4.45. The third kappa shape index (κ3) is 3.98. The SMILES string of the molecule is CC(=NNC(=O)C(C)(C)O)c1ccc(Cl)cc1Cl. The lowest BCUT2D eigenvalue weighted by Gasteiger charge is -2.14. The Kier molecular flexibility index (Phi) is 4.73. The first kappa shape index (κ1) is 15.0. The molecule has 0 aliphatic heterocycles. The first-order chi connectivity index (χ1) is 8.21. The predicted octanol–water partition coefficient (Wildman–Crippen LogP) is 2.60. The molecule has 0 aliphatic rings. The maximum Gasteiger partial charge on any atom is 0.271 e. The van der Waals surface area contributed by atoms with Crippen molar-refractivity contribution in [2.45, 2.75) is 26.4 Å². The molecule has 0 aromatic heterocycles. The number of hydrogen-bond acceptors (Lipinski definition) is 3. The topological polar surface area (TPSA) is 61.7 Å². The fraction of sp³-hybridized carbons (Fsp3) is 0.333. The molecule has 4 nitrogen and oxygen atoms in total. The van der Waals surface area contributed by atoms with Crippen LogP contribution in [0.15, 0.2) is 23.3 Å². The number of nitrogens with zero attached hydrogens (tertiary/aromatic N) is 1. The minimum absolute atomic E-state index is 0.446. The molecule has 0 bridgehead atoms. The van der Waals surface area contributed by atoms with E-state index in [0.717, 1.165) is 0 Å². The van der Waals surface area contributed by atoms with Crippen LogP contribution in [0.3, 0.4) is 0 Å². The number of nitrogens with one attached hydrogen (secondary N) is 1. The van der Waals surface area contributed by atoms with Crippen LogP contribution in [0.25, 0.3) is 0 Å². The van der Waals surface area contributed by atoms with E-state index in [9.17, 15) is 9.90 Å². The van der Waals surface area contributed by atoms with E-state index >= 15 is 0 Å². The standard InChI is InChI=1S/C12H14Cl2N2O2/c1-7(15-16-11(17)12(2,3)18)9-5-4-8(13)6-10(9)14/h4-6,18H,1-3H3,(H,16,17). The van der Waals surface area contributed by atoms with E-state index in [0.29, 0.717) is 21.3 Å². The van der Waals surface area contributed by atoms with Gasteiger partial charge in [0.05, 0.1) is 10.7 Å². The molecule has 0 atom stereocenters. The normalized spacial score (nSPS) is 12.4. The van der Waals surface area contributed by atoms with E-state index in [2.05, 4.69) is 10.5 Å². The average Bonchev–Trinajstić information content (AvgIpc) is 2.24. The summed E-state index contributed by atoms with van der Waals surface area (Å²) in [6.07, 6.45) is 0. The lowest BCUT2D eigenvalue weighted by atomic mass is 10.1. The van der Waals surface area contributed by atoms with Gasteiger partial charge in [0.1, 0.15) is 5.60 Å². The molecule has 0 saturated carbocycles. The van der Waals surface area contributed by atoms with Gasteiger partial charge in [-0.3, -0.25) is 4.79 Å². The molecule has 0 saturated heterocycles. The van der Waals surface area contributed by atoms with Gasteiger partial charge in [0, 0.05) is 10.6 Å². The highest BCUT2D eigenvalue weighted by Crippen LogP contribution is 2.21. The second kappa shape index (κ2) is 5.69. The molecule has 6 heteroatoms. The van der Waals surface area contributed by atoms with Gasteiger partial charge in [-0.2, -0.15) is 5.10 Å². The average molecular weight is 289 g/mol. The first-order valence-corrected chi connectivity index (χ1v) is 6.00. The van der Waals surface area contributed by atoms with Crippen molar-refractivity contribution >= 4 is 34.8 Å². The molecule has 98 valence electrons. The van der Waals surface area contributed by atoms with Crippen LogP contribution in [0.2, 0.25) is 10.0 Å². The van der Waals surface area contributed by atoms with Crippen LogP contribution in [-0.2, 0) is 4.79 Å². The van der Waals surface area contributed by atoms with Crippen LogP contribution in [0.5, 0.6) is 0 Å². The highest BCUT2D eigenvalue weighted by molar-refractivity contribution is 6.37. The van der Waals surface area contributed by atoms with Gasteiger partial charge in [-0.1, -0.05) is 29.3 Å². The van der Waals surface area contributed by atoms with Crippen LogP contribution in [0, 0.1) is 0 Å². The number of halogens is 2. The van der Waals surface area contributed by atoms with E-state index in [-0.39, 0.29) is 0 Å². The fourth-order valence-corrected chi connectivity index (χ4v) is 1.66. The van der Waals surface area contributed by atoms with Gasteiger partial charge in [-0.05, 0) is 32.9 Å². The number of carbonyl (C=O) groups excluding carboxylic acids is 1. The Balaban J connectivity index is 2.87. The number of hydrogen-bond donors (Lipinski definition) is 2. The molecule has 0 radical (unpaired) electrons. The summed E-state index contributed by atoms with van der Waals surface area (Å²) in [7, 11) is 0. The van der Waals surface area contributed by atoms with Gasteiger partial charge in [0.2, 0.25) is 0 Å². The maximum atomic E-state index is 11.4. The monoisotopic (exact) mass is 288 g/mol. The van der Waals surface area contributed by atoms with Crippen molar-refractivity contribution < 1.29 is 9.90 Å². The molecule has 2 N–H and O–H groups in total. The van der Waals surface area contributed by atoms with Crippen molar-refractivity contribution in [2.75, 3.05) is 0 Å². The van der Waals surface area contributed by atoms with Gasteiger partial charge >= 0.3 is 0 Å². The minimum Gasteiger partial charge on any atom is -0.381 e. The van der Waals surface area contributed by atoms with Crippen LogP contribution in [0.4, 0.5) is 0 Å². The molecule has 1 aromatic rings. The summed E-state index contributed by atoms with van der Waals surface area (Å²) in [4.78, 5) is 11.4. The van der Waals surface area contributed by atoms with E-state index in [1.165, 1.54) is 13.8 Å². The third-order valence-electron chi connectivity index (χ3n) is 2.20. The van der Waals surface area contributed by atoms with Gasteiger partial charge in [0.15, 0.2) is 0 Å². The van der Waals surface area contributed by atoms with Crippen molar-refractivity contribution in [3.63, 3.8) is 0 Å². The molecule has 1 rings (SSSR count). The Labute approximate surface area is 116 Å². The molecular weight excluding hydrogens is 275 g/mol. The van der Waals surface area contributed by atoms with Crippen molar-refractivity contribution in [2.24, 2.45) is 5.10 Å². The zero-order valence-corrected chi connectivity index (χ0v) is 11.8. The van der Waals surface area contributed by atoms with Gasteiger partial charge in [-0.25, -0.2) is 5.43 Å². The van der Waals surface area contributed by atoms with Crippen LogP contribution in [-0.4, -0.2) is 22.3 Å². The van der Waals surface area contributed by atoms with Crippen LogP contribution < -0.4 is 5.43 Å². The van der Waals surface area contributed by atoms with E-state index in [4.69, 9.17) is 23.2 Å². The summed E-state index contributed by atoms with van der Waals surface area (Å²) < 4.78 is 0. The summed E-state index contributed by atoms with van der Waals surface area (Å²) in [5.74, 6) is -0.591. The smallest absolute Gasteiger partial charge is 0.271 e. The molecule has 18 heavy (non-hydrogen) atoms. The summed E-state index contributed by atoms with van der Waals surface area (Å²) >= 11 is 11.8.